The molecule has 0 radical (unpaired) electrons. The number of hydrogen-bond donors (Lipinski definition) is 2. The molecule has 1 fully saturated rings. The molecule has 2 heterocycles. The van der Waals surface area contributed by atoms with E-state index in [4.69, 9.17) is 4.74 Å². The molecule has 3 rings (SSSR count). The van der Waals surface area contributed by atoms with Crippen LogP contribution in [0.15, 0.2) is 4.99 Å². The summed E-state index contributed by atoms with van der Waals surface area (Å²) in [6, 6.07) is 0. The number of aryl methyl sites for hydroxylation is 1. The summed E-state index contributed by atoms with van der Waals surface area (Å²) in [6.45, 7) is 4.31. The molecule has 23 heavy (non-hydrogen) atoms. The van der Waals surface area contributed by atoms with E-state index >= 15 is 0 Å². The number of fused-ring (bicyclic) bond motifs is 1. The molecule has 1 saturated carbocycles. The van der Waals surface area contributed by atoms with Crippen molar-refractivity contribution in [2.75, 3.05) is 26.8 Å². The molecule has 2 aliphatic rings. The Morgan fingerprint density at radius 1 is 1.35 bits per heavy atom. The molecule has 1 aromatic heterocycles. The molecule has 7 nitrogen and oxygen atoms in total. The normalized spacial score (nSPS) is 16.8. The number of nitrogens with zero attached hydrogens (tertiary/aromatic N) is 4. The van der Waals surface area contributed by atoms with Crippen LogP contribution in [0.25, 0.3) is 0 Å². The summed E-state index contributed by atoms with van der Waals surface area (Å²) >= 11 is 0. The van der Waals surface area contributed by atoms with Gasteiger partial charge in [0.1, 0.15) is 5.82 Å². The lowest BCUT2D eigenvalue weighted by Crippen LogP contribution is -2.38. The van der Waals surface area contributed by atoms with Gasteiger partial charge in [0.15, 0.2) is 11.8 Å². The average molecular weight is 434 g/mol. The second-order valence-corrected chi connectivity index (χ2v) is 6.01. The third-order valence-corrected chi connectivity index (χ3v) is 4.13. The van der Waals surface area contributed by atoms with Crippen molar-refractivity contribution in [1.29, 1.82) is 0 Å². The van der Waals surface area contributed by atoms with E-state index in [1.54, 1.807) is 7.05 Å². The van der Waals surface area contributed by atoms with Crippen molar-refractivity contribution in [3.63, 3.8) is 0 Å². The van der Waals surface area contributed by atoms with Crippen LogP contribution in [0, 0.1) is 5.92 Å². The Hall–Kier alpha value is -0.900. The molecule has 0 unspecified atom stereocenters. The van der Waals surface area contributed by atoms with Crippen LogP contribution in [0.3, 0.4) is 0 Å². The lowest BCUT2D eigenvalue weighted by atomic mass is 10.4. The predicted octanol–water partition coefficient (Wildman–Crippen LogP) is 1.32. The highest BCUT2D eigenvalue weighted by molar-refractivity contribution is 14.0. The maximum absolute atomic E-state index is 5.62. The Morgan fingerprint density at radius 3 is 3.00 bits per heavy atom. The lowest BCUT2D eigenvalue weighted by molar-refractivity contribution is 0.123. The molecule has 0 spiro atoms. The molecular weight excluding hydrogens is 407 g/mol. The number of halogens is 1. The number of nitrogens with one attached hydrogen (secondary N) is 2. The Balaban J connectivity index is 0.00000192. The largest absolute Gasteiger partial charge is 0.381 e. The smallest absolute Gasteiger partial charge is 0.191 e. The van der Waals surface area contributed by atoms with Crippen molar-refractivity contribution in [3.05, 3.63) is 11.6 Å². The molecule has 1 aliphatic carbocycles. The summed E-state index contributed by atoms with van der Waals surface area (Å²) in [5.41, 5.74) is 0. The Bertz CT molecular complexity index is 514. The van der Waals surface area contributed by atoms with Gasteiger partial charge in [0.2, 0.25) is 0 Å². The van der Waals surface area contributed by atoms with Gasteiger partial charge in [-0.3, -0.25) is 4.99 Å². The first-order chi connectivity index (χ1) is 10.9. The van der Waals surface area contributed by atoms with Crippen LogP contribution in [-0.2, 0) is 24.2 Å². The molecule has 0 bridgehead atoms. The van der Waals surface area contributed by atoms with Gasteiger partial charge >= 0.3 is 0 Å². The van der Waals surface area contributed by atoms with Gasteiger partial charge in [-0.1, -0.05) is 0 Å². The summed E-state index contributed by atoms with van der Waals surface area (Å²) in [5, 5.41) is 15.0. The van der Waals surface area contributed by atoms with Crippen LogP contribution in [-0.4, -0.2) is 47.5 Å². The topological polar surface area (TPSA) is 76.4 Å². The minimum Gasteiger partial charge on any atom is -0.381 e. The van der Waals surface area contributed by atoms with Crippen molar-refractivity contribution < 1.29 is 4.74 Å². The summed E-state index contributed by atoms with van der Waals surface area (Å²) in [7, 11) is 1.78. The molecule has 0 saturated heterocycles. The van der Waals surface area contributed by atoms with Crippen LogP contribution >= 0.6 is 24.0 Å². The van der Waals surface area contributed by atoms with Crippen molar-refractivity contribution in [2.45, 2.75) is 45.2 Å². The fourth-order valence-electron chi connectivity index (χ4n) is 2.64. The predicted molar refractivity (Wildman–Crippen MR) is 100 cm³/mol. The van der Waals surface area contributed by atoms with Crippen LogP contribution in [0.2, 0.25) is 0 Å². The molecule has 1 aliphatic heterocycles. The van der Waals surface area contributed by atoms with E-state index < -0.39 is 0 Å². The van der Waals surface area contributed by atoms with Gasteiger partial charge < -0.3 is 19.9 Å². The number of aromatic nitrogens is 3. The standard InChI is InChI=1S/C15H26N6O.HI/c1-16-15(17-7-3-9-22-11-12-5-6-12)18-10-14-20-19-13-4-2-8-21(13)14;/h12H,2-11H2,1H3,(H2,16,17,18);1H. The maximum atomic E-state index is 5.62. The van der Waals surface area contributed by atoms with E-state index in [9.17, 15) is 0 Å². The fourth-order valence-corrected chi connectivity index (χ4v) is 2.64. The molecule has 8 heteroatoms. The van der Waals surface area contributed by atoms with Gasteiger partial charge in [-0.2, -0.15) is 0 Å². The second-order valence-electron chi connectivity index (χ2n) is 6.01. The highest BCUT2D eigenvalue weighted by Crippen LogP contribution is 2.28. The zero-order valence-corrected chi connectivity index (χ0v) is 16.1. The summed E-state index contributed by atoms with van der Waals surface area (Å²) in [6.07, 6.45) is 5.91. The van der Waals surface area contributed by atoms with Gasteiger partial charge in [-0.25, -0.2) is 0 Å². The van der Waals surface area contributed by atoms with E-state index in [0.717, 1.165) is 62.7 Å². The van der Waals surface area contributed by atoms with E-state index in [2.05, 4.69) is 30.4 Å². The Morgan fingerprint density at radius 2 is 2.22 bits per heavy atom. The van der Waals surface area contributed by atoms with E-state index in [-0.39, 0.29) is 24.0 Å². The highest BCUT2D eigenvalue weighted by atomic mass is 127. The Labute approximate surface area is 154 Å². The number of guanidine groups is 1. The lowest BCUT2D eigenvalue weighted by Gasteiger charge is -2.12. The van der Waals surface area contributed by atoms with Crippen molar-refractivity contribution >= 4 is 29.9 Å². The molecule has 2 N–H and O–H groups in total. The molecule has 0 amide bonds. The van der Waals surface area contributed by atoms with Crippen LogP contribution < -0.4 is 10.6 Å². The first-order valence-electron chi connectivity index (χ1n) is 8.30. The zero-order chi connectivity index (χ0) is 15.2. The molecule has 0 atom stereocenters. The van der Waals surface area contributed by atoms with E-state index in [1.165, 1.54) is 19.3 Å². The number of aliphatic imine (C=N–C) groups is 1. The van der Waals surface area contributed by atoms with E-state index in [1.807, 2.05) is 0 Å². The highest BCUT2D eigenvalue weighted by Gasteiger charge is 2.20. The van der Waals surface area contributed by atoms with Crippen molar-refractivity contribution in [3.8, 4) is 0 Å². The first-order valence-corrected chi connectivity index (χ1v) is 8.30. The van der Waals surface area contributed by atoms with Crippen LogP contribution in [0.4, 0.5) is 0 Å². The van der Waals surface area contributed by atoms with E-state index in [0.29, 0.717) is 6.54 Å². The first kappa shape index (κ1) is 18.4. The van der Waals surface area contributed by atoms with Gasteiger partial charge in [0, 0.05) is 39.8 Å². The number of rotatable bonds is 8. The van der Waals surface area contributed by atoms with Gasteiger partial charge in [-0.15, -0.1) is 34.2 Å². The monoisotopic (exact) mass is 434 g/mol. The minimum atomic E-state index is 0. The van der Waals surface area contributed by atoms with Crippen molar-refractivity contribution in [1.82, 2.24) is 25.4 Å². The Kier molecular flexibility index (Phi) is 7.54. The van der Waals surface area contributed by atoms with Gasteiger partial charge in [-0.05, 0) is 31.6 Å². The van der Waals surface area contributed by atoms with Crippen LogP contribution in [0.5, 0.6) is 0 Å². The van der Waals surface area contributed by atoms with Gasteiger partial charge in [0.05, 0.1) is 6.54 Å². The van der Waals surface area contributed by atoms with Crippen molar-refractivity contribution in [2.24, 2.45) is 10.9 Å². The van der Waals surface area contributed by atoms with Crippen LogP contribution in [0.1, 0.15) is 37.3 Å². The molecule has 0 aromatic carbocycles. The summed E-state index contributed by atoms with van der Waals surface area (Å²) in [5.74, 6) is 3.74. The zero-order valence-electron chi connectivity index (χ0n) is 13.8. The number of hydrogen-bond acceptors (Lipinski definition) is 4. The summed E-state index contributed by atoms with van der Waals surface area (Å²) < 4.78 is 7.82. The molecular formula is C15H27IN6O. The fraction of sp³-hybridized carbons (Fsp3) is 0.800. The quantitative estimate of drug-likeness (QED) is 0.280. The minimum absolute atomic E-state index is 0. The maximum Gasteiger partial charge on any atom is 0.191 e. The SMILES string of the molecule is CN=C(NCCCOCC1CC1)NCc1nnc2n1CCC2.I. The van der Waals surface area contributed by atoms with Gasteiger partial charge in [0.25, 0.3) is 0 Å². The third-order valence-electron chi connectivity index (χ3n) is 4.13. The summed E-state index contributed by atoms with van der Waals surface area (Å²) in [4.78, 5) is 4.23. The average Bonchev–Trinajstić information content (AvgIpc) is 3.09. The second kappa shape index (κ2) is 9.41. The molecule has 130 valence electrons. The number of ether oxygens (including phenoxy) is 1. The third kappa shape index (κ3) is 5.59. The molecule has 1 aromatic rings.